The van der Waals surface area contributed by atoms with Crippen LogP contribution in [0.25, 0.3) is 0 Å². The van der Waals surface area contributed by atoms with E-state index in [4.69, 9.17) is 22.1 Å². The predicted octanol–water partition coefficient (Wildman–Crippen LogP) is 3.08. The molecule has 2 aromatic carbocycles. The molecule has 0 saturated carbocycles. The van der Waals surface area contributed by atoms with Crippen molar-refractivity contribution in [3.05, 3.63) is 58.6 Å². The van der Waals surface area contributed by atoms with Crippen LogP contribution in [0.4, 0.5) is 0 Å². The van der Waals surface area contributed by atoms with Gasteiger partial charge in [0.2, 0.25) is 0 Å². The first-order valence-corrected chi connectivity index (χ1v) is 5.96. The molecule has 0 fully saturated rings. The second-order valence-corrected chi connectivity index (χ2v) is 4.33. The fourth-order valence-electron chi connectivity index (χ4n) is 1.60. The van der Waals surface area contributed by atoms with E-state index in [-0.39, 0.29) is 5.75 Å². The van der Waals surface area contributed by atoms with Gasteiger partial charge < -0.3 is 15.6 Å². The molecule has 4 heteroatoms. The average molecular weight is 264 g/mol. The lowest BCUT2D eigenvalue weighted by molar-refractivity contribution is 0.305. The van der Waals surface area contributed by atoms with Gasteiger partial charge in [0.15, 0.2) is 0 Å². The average Bonchev–Trinajstić information content (AvgIpc) is 2.37. The van der Waals surface area contributed by atoms with Crippen molar-refractivity contribution in [2.24, 2.45) is 5.73 Å². The first-order valence-electron chi connectivity index (χ1n) is 5.58. The van der Waals surface area contributed by atoms with Gasteiger partial charge >= 0.3 is 0 Å². The third-order valence-corrected chi connectivity index (χ3v) is 2.83. The van der Waals surface area contributed by atoms with Crippen molar-refractivity contribution in [1.82, 2.24) is 0 Å². The molecule has 0 aliphatic carbocycles. The van der Waals surface area contributed by atoms with Gasteiger partial charge in [-0.05, 0) is 35.4 Å². The van der Waals surface area contributed by atoms with Crippen molar-refractivity contribution in [3.63, 3.8) is 0 Å². The van der Waals surface area contributed by atoms with Gasteiger partial charge in [-0.1, -0.05) is 29.8 Å². The molecule has 3 nitrogen and oxygen atoms in total. The second kappa shape index (κ2) is 5.76. The van der Waals surface area contributed by atoms with Crippen LogP contribution in [0.3, 0.4) is 0 Å². The molecule has 0 spiro atoms. The third-order valence-electron chi connectivity index (χ3n) is 2.54. The first-order chi connectivity index (χ1) is 8.69. The Morgan fingerprint density at radius 1 is 1.11 bits per heavy atom. The summed E-state index contributed by atoms with van der Waals surface area (Å²) in [6.45, 7) is 0.808. The quantitative estimate of drug-likeness (QED) is 0.891. The highest BCUT2D eigenvalue weighted by atomic mass is 35.5. The van der Waals surface area contributed by atoms with E-state index in [0.717, 1.165) is 11.1 Å². The van der Waals surface area contributed by atoms with Gasteiger partial charge in [-0.3, -0.25) is 0 Å². The van der Waals surface area contributed by atoms with Crippen LogP contribution >= 0.6 is 11.6 Å². The highest BCUT2D eigenvalue weighted by molar-refractivity contribution is 6.32. The summed E-state index contributed by atoms with van der Waals surface area (Å²) >= 11 is 6.08. The summed E-state index contributed by atoms with van der Waals surface area (Å²) in [5.41, 5.74) is 7.37. The molecule has 2 aromatic rings. The monoisotopic (exact) mass is 263 g/mol. The lowest BCUT2D eigenvalue weighted by atomic mass is 10.2. The minimum Gasteiger partial charge on any atom is -0.508 e. The predicted molar refractivity (Wildman–Crippen MR) is 71.8 cm³/mol. The number of phenolic OH excluding ortho intramolecular Hbond substituents is 1. The van der Waals surface area contributed by atoms with E-state index in [1.807, 2.05) is 12.1 Å². The van der Waals surface area contributed by atoms with Crippen molar-refractivity contribution in [2.75, 3.05) is 0 Å². The van der Waals surface area contributed by atoms with Crippen LogP contribution in [0.2, 0.25) is 5.02 Å². The van der Waals surface area contributed by atoms with Gasteiger partial charge in [0.25, 0.3) is 0 Å². The number of halogens is 1. The first kappa shape index (κ1) is 12.7. The Balaban J connectivity index is 2.06. The minimum atomic E-state index is 0.223. The van der Waals surface area contributed by atoms with Crippen molar-refractivity contribution < 1.29 is 9.84 Å². The summed E-state index contributed by atoms with van der Waals surface area (Å²) in [5, 5.41) is 9.88. The fourth-order valence-corrected chi connectivity index (χ4v) is 1.85. The zero-order valence-electron chi connectivity index (χ0n) is 9.77. The topological polar surface area (TPSA) is 55.5 Å². The van der Waals surface area contributed by atoms with Gasteiger partial charge in [0.05, 0.1) is 5.02 Å². The molecule has 0 unspecified atom stereocenters. The molecular weight excluding hydrogens is 250 g/mol. The Bertz CT molecular complexity index is 543. The molecule has 0 bridgehead atoms. The molecule has 18 heavy (non-hydrogen) atoms. The number of hydrogen-bond acceptors (Lipinski definition) is 3. The molecular formula is C14H14ClNO2. The van der Waals surface area contributed by atoms with Crippen LogP contribution in [0.1, 0.15) is 11.1 Å². The molecule has 0 heterocycles. The summed E-state index contributed by atoms with van der Waals surface area (Å²) in [7, 11) is 0. The largest absolute Gasteiger partial charge is 0.508 e. The van der Waals surface area contributed by atoms with E-state index < -0.39 is 0 Å². The van der Waals surface area contributed by atoms with Crippen LogP contribution in [0.5, 0.6) is 11.5 Å². The third kappa shape index (κ3) is 3.15. The van der Waals surface area contributed by atoms with Crippen molar-refractivity contribution in [2.45, 2.75) is 13.2 Å². The van der Waals surface area contributed by atoms with E-state index in [1.54, 1.807) is 30.3 Å². The maximum atomic E-state index is 9.34. The van der Waals surface area contributed by atoms with Crippen LogP contribution in [0.15, 0.2) is 42.5 Å². The molecule has 0 amide bonds. The molecule has 0 aliphatic heterocycles. The number of benzene rings is 2. The summed E-state index contributed by atoms with van der Waals surface area (Å²) in [4.78, 5) is 0. The zero-order chi connectivity index (χ0) is 13.0. The van der Waals surface area contributed by atoms with Crippen molar-refractivity contribution >= 4 is 11.6 Å². The Labute approximate surface area is 111 Å². The van der Waals surface area contributed by atoms with E-state index in [9.17, 15) is 5.11 Å². The van der Waals surface area contributed by atoms with Crippen LogP contribution in [-0.2, 0) is 13.2 Å². The van der Waals surface area contributed by atoms with Crippen LogP contribution in [0, 0.1) is 0 Å². The molecule has 0 radical (unpaired) electrons. The maximum absolute atomic E-state index is 9.34. The van der Waals surface area contributed by atoms with E-state index >= 15 is 0 Å². The van der Waals surface area contributed by atoms with E-state index in [2.05, 4.69) is 0 Å². The standard InChI is InChI=1S/C14H14ClNO2/c15-13-7-10(8-16)4-5-14(13)18-9-11-2-1-3-12(17)6-11/h1-7,17H,8-9,16H2. The highest BCUT2D eigenvalue weighted by Crippen LogP contribution is 2.26. The smallest absolute Gasteiger partial charge is 0.138 e. The Hall–Kier alpha value is -1.71. The molecule has 94 valence electrons. The van der Waals surface area contributed by atoms with E-state index in [0.29, 0.717) is 23.9 Å². The number of aromatic hydroxyl groups is 1. The minimum absolute atomic E-state index is 0.223. The maximum Gasteiger partial charge on any atom is 0.138 e. The zero-order valence-corrected chi connectivity index (χ0v) is 10.5. The highest BCUT2D eigenvalue weighted by Gasteiger charge is 2.03. The van der Waals surface area contributed by atoms with Gasteiger partial charge in [-0.15, -0.1) is 0 Å². The second-order valence-electron chi connectivity index (χ2n) is 3.93. The molecule has 0 aliphatic rings. The van der Waals surface area contributed by atoms with Gasteiger partial charge in [0.1, 0.15) is 18.1 Å². The molecule has 2 rings (SSSR count). The van der Waals surface area contributed by atoms with Gasteiger partial charge in [-0.25, -0.2) is 0 Å². The van der Waals surface area contributed by atoms with E-state index in [1.165, 1.54) is 0 Å². The van der Waals surface area contributed by atoms with Crippen molar-refractivity contribution in [3.8, 4) is 11.5 Å². The number of ether oxygens (including phenoxy) is 1. The normalized spacial score (nSPS) is 10.3. The summed E-state index contributed by atoms with van der Waals surface area (Å²) in [6, 6.07) is 12.4. The van der Waals surface area contributed by atoms with Crippen molar-refractivity contribution in [1.29, 1.82) is 0 Å². The number of nitrogens with two attached hydrogens (primary N) is 1. The molecule has 0 aromatic heterocycles. The molecule has 3 N–H and O–H groups in total. The Kier molecular flexibility index (Phi) is 4.07. The fraction of sp³-hybridized carbons (Fsp3) is 0.143. The van der Waals surface area contributed by atoms with Crippen LogP contribution < -0.4 is 10.5 Å². The Morgan fingerprint density at radius 3 is 2.61 bits per heavy atom. The lowest BCUT2D eigenvalue weighted by Crippen LogP contribution is -1.98. The SMILES string of the molecule is NCc1ccc(OCc2cccc(O)c2)c(Cl)c1. The lowest BCUT2D eigenvalue weighted by Gasteiger charge is -2.09. The van der Waals surface area contributed by atoms with Crippen LogP contribution in [-0.4, -0.2) is 5.11 Å². The summed E-state index contributed by atoms with van der Waals surface area (Å²) in [5.74, 6) is 0.831. The number of hydrogen-bond donors (Lipinski definition) is 2. The Morgan fingerprint density at radius 2 is 1.94 bits per heavy atom. The summed E-state index contributed by atoms with van der Waals surface area (Å²) < 4.78 is 5.59. The van der Waals surface area contributed by atoms with Gasteiger partial charge in [0, 0.05) is 6.54 Å². The number of phenols is 1. The number of rotatable bonds is 4. The molecule has 0 atom stereocenters. The summed E-state index contributed by atoms with van der Waals surface area (Å²) in [6.07, 6.45) is 0. The molecule has 0 saturated heterocycles. The van der Waals surface area contributed by atoms with Gasteiger partial charge in [-0.2, -0.15) is 0 Å².